The molecular weight excluding hydrogens is 442 g/mol. The highest BCUT2D eigenvalue weighted by atomic mass is 32.1. The molecule has 0 spiro atoms. The number of hydrogen-bond donors (Lipinski definition) is 0. The van der Waals surface area contributed by atoms with E-state index in [1.807, 2.05) is 32.0 Å². The molecule has 5 rings (SSSR count). The van der Waals surface area contributed by atoms with E-state index in [-0.39, 0.29) is 24.3 Å². The molecule has 0 aliphatic carbocycles. The molecule has 166 valence electrons. The summed E-state index contributed by atoms with van der Waals surface area (Å²) in [6, 6.07) is 11.1. The summed E-state index contributed by atoms with van der Waals surface area (Å²) in [7, 11) is 0. The number of rotatable bonds is 4. The van der Waals surface area contributed by atoms with Crippen LogP contribution in [0.25, 0.3) is 6.08 Å². The third kappa shape index (κ3) is 3.87. The number of hydrogen-bond acceptors (Lipinski definition) is 8. The number of carbonyl (C=O) groups excluding carboxylic acids is 2. The van der Waals surface area contributed by atoms with Crippen LogP contribution in [-0.2, 0) is 14.3 Å². The van der Waals surface area contributed by atoms with Gasteiger partial charge in [-0.05, 0) is 49.2 Å². The lowest BCUT2D eigenvalue weighted by Gasteiger charge is -2.22. The number of fused-ring (bicyclic) bond motifs is 1. The Morgan fingerprint density at radius 2 is 1.88 bits per heavy atom. The summed E-state index contributed by atoms with van der Waals surface area (Å²) < 4.78 is 16.0. The highest BCUT2D eigenvalue weighted by Gasteiger charge is 2.27. The van der Waals surface area contributed by atoms with Gasteiger partial charge in [-0.2, -0.15) is 0 Å². The number of esters is 1. The molecule has 33 heavy (non-hydrogen) atoms. The van der Waals surface area contributed by atoms with E-state index < -0.39 is 5.97 Å². The van der Waals surface area contributed by atoms with Gasteiger partial charge in [0, 0.05) is 17.9 Å². The summed E-state index contributed by atoms with van der Waals surface area (Å²) in [5.41, 5.74) is 3.99. The van der Waals surface area contributed by atoms with E-state index in [1.54, 1.807) is 34.6 Å². The van der Waals surface area contributed by atoms with Crippen LogP contribution in [0, 0.1) is 13.8 Å². The molecule has 0 saturated heterocycles. The smallest absolute Gasteiger partial charge is 0.363 e. The van der Waals surface area contributed by atoms with Crippen molar-refractivity contribution in [2.24, 2.45) is 4.99 Å². The lowest BCUT2D eigenvalue weighted by molar-refractivity contribution is -0.130. The Morgan fingerprint density at radius 3 is 2.64 bits per heavy atom. The zero-order valence-corrected chi connectivity index (χ0v) is 18.9. The lowest BCUT2D eigenvalue weighted by atomic mass is 10.1. The molecule has 8 nitrogen and oxygen atoms in total. The van der Waals surface area contributed by atoms with Crippen LogP contribution >= 0.6 is 11.3 Å². The molecule has 2 aliphatic rings. The maximum absolute atomic E-state index is 12.5. The van der Waals surface area contributed by atoms with Crippen molar-refractivity contribution in [3.8, 4) is 11.5 Å². The number of carbonyl (C=O) groups is 2. The van der Waals surface area contributed by atoms with Crippen molar-refractivity contribution in [2.45, 2.75) is 20.8 Å². The summed E-state index contributed by atoms with van der Waals surface area (Å²) in [6.45, 7) is 5.56. The van der Waals surface area contributed by atoms with Crippen molar-refractivity contribution in [3.63, 3.8) is 0 Å². The molecule has 9 heteroatoms. The van der Waals surface area contributed by atoms with Crippen molar-refractivity contribution in [1.29, 1.82) is 0 Å². The average molecular weight is 461 g/mol. The predicted octanol–water partition coefficient (Wildman–Crippen LogP) is 4.52. The Balaban J connectivity index is 1.45. The van der Waals surface area contributed by atoms with Crippen molar-refractivity contribution in [3.05, 3.63) is 69.9 Å². The number of ether oxygens (including phenoxy) is 3. The van der Waals surface area contributed by atoms with E-state index in [1.165, 1.54) is 18.3 Å². The topological polar surface area (TPSA) is 90.3 Å². The summed E-state index contributed by atoms with van der Waals surface area (Å²) >= 11 is 1.31. The van der Waals surface area contributed by atoms with Gasteiger partial charge in [-0.3, -0.25) is 9.69 Å². The SMILES string of the molecule is CC(=O)N(c1nc(C=C2N=C(c3ccc4c(c3)OCO4)OC2=O)cs1)c1c(C)cccc1C. The number of aliphatic imine (C=N–C) groups is 1. The minimum absolute atomic E-state index is 0.126. The van der Waals surface area contributed by atoms with Crippen LogP contribution in [0.2, 0.25) is 0 Å². The Bertz CT molecular complexity index is 1340. The summed E-state index contributed by atoms with van der Waals surface area (Å²) in [4.78, 5) is 35.4. The highest BCUT2D eigenvalue weighted by molar-refractivity contribution is 7.14. The number of nitrogens with zero attached hydrogens (tertiary/aromatic N) is 3. The number of thiazole rings is 1. The first-order valence-corrected chi connectivity index (χ1v) is 11.0. The molecule has 0 bridgehead atoms. The Labute approximate surface area is 193 Å². The van der Waals surface area contributed by atoms with Crippen LogP contribution in [0.15, 0.2) is 52.5 Å². The van der Waals surface area contributed by atoms with Gasteiger partial charge in [-0.15, -0.1) is 11.3 Å². The van der Waals surface area contributed by atoms with E-state index in [9.17, 15) is 9.59 Å². The maximum Gasteiger partial charge on any atom is 0.363 e. The normalized spacial score (nSPS) is 15.5. The molecule has 3 aromatic rings. The first-order valence-electron chi connectivity index (χ1n) is 10.2. The first-order chi connectivity index (χ1) is 15.9. The fourth-order valence-electron chi connectivity index (χ4n) is 3.69. The van der Waals surface area contributed by atoms with Gasteiger partial charge in [0.1, 0.15) is 0 Å². The highest BCUT2D eigenvalue weighted by Crippen LogP contribution is 2.35. The summed E-state index contributed by atoms with van der Waals surface area (Å²) in [6.07, 6.45) is 1.55. The largest absolute Gasteiger partial charge is 0.454 e. The van der Waals surface area contributed by atoms with Gasteiger partial charge in [0.15, 0.2) is 22.3 Å². The van der Waals surface area contributed by atoms with Crippen LogP contribution < -0.4 is 14.4 Å². The molecule has 0 atom stereocenters. The predicted molar refractivity (Wildman–Crippen MR) is 124 cm³/mol. The van der Waals surface area contributed by atoms with Crippen LogP contribution in [0.3, 0.4) is 0 Å². The molecule has 2 aromatic carbocycles. The van der Waals surface area contributed by atoms with E-state index in [0.717, 1.165) is 16.8 Å². The molecular formula is C24H19N3O5S. The molecule has 0 saturated carbocycles. The van der Waals surface area contributed by atoms with Gasteiger partial charge in [-0.1, -0.05) is 18.2 Å². The van der Waals surface area contributed by atoms with E-state index >= 15 is 0 Å². The fourth-order valence-corrected chi connectivity index (χ4v) is 4.52. The average Bonchev–Trinajstić information content (AvgIpc) is 3.51. The second-order valence-corrected chi connectivity index (χ2v) is 8.39. The number of anilines is 2. The Kier molecular flexibility index (Phi) is 5.18. The zero-order chi connectivity index (χ0) is 23.1. The van der Waals surface area contributed by atoms with Gasteiger partial charge < -0.3 is 14.2 Å². The second-order valence-electron chi connectivity index (χ2n) is 7.55. The van der Waals surface area contributed by atoms with Gasteiger partial charge in [-0.25, -0.2) is 14.8 Å². The molecule has 3 heterocycles. The third-order valence-electron chi connectivity index (χ3n) is 5.20. The zero-order valence-electron chi connectivity index (χ0n) is 18.1. The molecule has 0 radical (unpaired) electrons. The molecule has 1 amide bonds. The van der Waals surface area contributed by atoms with E-state index in [0.29, 0.717) is 27.9 Å². The summed E-state index contributed by atoms with van der Waals surface area (Å²) in [5, 5.41) is 2.28. The number of amides is 1. The number of aryl methyl sites for hydroxylation is 2. The minimum atomic E-state index is -0.574. The third-order valence-corrected chi connectivity index (χ3v) is 6.05. The van der Waals surface area contributed by atoms with Gasteiger partial charge in [0.25, 0.3) is 0 Å². The van der Waals surface area contributed by atoms with Crippen LogP contribution in [-0.4, -0.2) is 29.6 Å². The van der Waals surface area contributed by atoms with E-state index in [4.69, 9.17) is 14.2 Å². The molecule has 0 unspecified atom stereocenters. The molecule has 0 fully saturated rings. The lowest BCUT2D eigenvalue weighted by Crippen LogP contribution is -2.24. The number of para-hydroxylation sites is 1. The molecule has 1 aromatic heterocycles. The monoisotopic (exact) mass is 461 g/mol. The maximum atomic E-state index is 12.5. The van der Waals surface area contributed by atoms with Crippen LogP contribution in [0.4, 0.5) is 10.8 Å². The summed E-state index contributed by atoms with van der Waals surface area (Å²) in [5.74, 6) is 0.664. The minimum Gasteiger partial charge on any atom is -0.454 e. The van der Waals surface area contributed by atoms with Crippen molar-refractivity contribution in [1.82, 2.24) is 4.98 Å². The molecule has 0 N–H and O–H groups in total. The van der Waals surface area contributed by atoms with Crippen LogP contribution in [0.1, 0.15) is 29.3 Å². The first kappa shape index (κ1) is 20.9. The van der Waals surface area contributed by atoms with Crippen molar-refractivity contribution < 1.29 is 23.8 Å². The number of aromatic nitrogens is 1. The Morgan fingerprint density at radius 1 is 1.12 bits per heavy atom. The van der Waals surface area contributed by atoms with Crippen molar-refractivity contribution in [2.75, 3.05) is 11.7 Å². The Hall–Kier alpha value is -3.98. The second kappa shape index (κ2) is 8.18. The van der Waals surface area contributed by atoms with E-state index in [2.05, 4.69) is 9.98 Å². The van der Waals surface area contributed by atoms with Crippen molar-refractivity contribution >= 4 is 46.0 Å². The number of cyclic esters (lactones) is 1. The fraction of sp³-hybridized carbons (Fsp3) is 0.167. The number of benzene rings is 2. The standard InChI is InChI=1S/C24H19N3O5S/c1-13-5-4-6-14(2)21(13)27(15(3)28)24-25-17(11-33-24)10-18-23(29)32-22(26-18)16-7-8-19-20(9-16)31-12-30-19/h4-11H,12H2,1-3H3. The van der Waals surface area contributed by atoms with Gasteiger partial charge >= 0.3 is 5.97 Å². The molecule has 2 aliphatic heterocycles. The van der Waals surface area contributed by atoms with Gasteiger partial charge in [0.2, 0.25) is 18.6 Å². The quantitative estimate of drug-likeness (QED) is 0.419. The van der Waals surface area contributed by atoms with Gasteiger partial charge in [0.05, 0.1) is 11.4 Å². The van der Waals surface area contributed by atoms with Crippen LogP contribution in [0.5, 0.6) is 11.5 Å².